The monoisotopic (exact) mass is 328 g/mol. The van der Waals surface area contributed by atoms with E-state index in [0.29, 0.717) is 5.69 Å². The van der Waals surface area contributed by atoms with Crippen molar-refractivity contribution in [3.05, 3.63) is 54.1 Å². The molecule has 2 aromatic heterocycles. The molecule has 0 aliphatic rings. The summed E-state index contributed by atoms with van der Waals surface area (Å²) in [7, 11) is 0. The molecule has 5 heteroatoms. The third-order valence-electron chi connectivity index (χ3n) is 3.86. The maximum absolute atomic E-state index is 13.2. The van der Waals surface area contributed by atoms with Gasteiger partial charge in [-0.1, -0.05) is 6.92 Å². The Kier molecular flexibility index (Phi) is 4.42. The van der Waals surface area contributed by atoms with E-state index in [0.717, 1.165) is 29.7 Å². The predicted molar refractivity (Wildman–Crippen MR) is 92.1 cm³/mol. The molecular weight excluding hydrogens is 307 g/mol. The van der Waals surface area contributed by atoms with Gasteiger partial charge in [0.1, 0.15) is 11.5 Å². The molecule has 0 aliphatic heterocycles. The molecule has 0 saturated carbocycles. The third kappa shape index (κ3) is 2.94. The zero-order valence-electron chi connectivity index (χ0n) is 14.1. The van der Waals surface area contributed by atoms with E-state index in [9.17, 15) is 9.18 Å². The largest absolute Gasteiger partial charge is 0.458 e. The van der Waals surface area contributed by atoms with Gasteiger partial charge in [0.25, 0.3) is 0 Å². The fourth-order valence-corrected chi connectivity index (χ4v) is 2.88. The number of esters is 1. The van der Waals surface area contributed by atoms with Crippen LogP contribution in [0.3, 0.4) is 0 Å². The van der Waals surface area contributed by atoms with Gasteiger partial charge in [-0.2, -0.15) is 0 Å². The van der Waals surface area contributed by atoms with Crippen molar-refractivity contribution in [2.45, 2.75) is 39.8 Å². The minimum absolute atomic E-state index is 0.166. The molecule has 0 saturated heterocycles. The van der Waals surface area contributed by atoms with Crippen molar-refractivity contribution >= 4 is 17.0 Å². The number of carbonyl (C=O) groups is 1. The number of hydrogen-bond acceptors (Lipinski definition) is 2. The van der Waals surface area contributed by atoms with Gasteiger partial charge >= 0.3 is 5.97 Å². The summed E-state index contributed by atoms with van der Waals surface area (Å²) < 4.78 is 22.5. The number of fused-ring (bicyclic) bond motifs is 1. The van der Waals surface area contributed by atoms with Crippen molar-refractivity contribution in [1.82, 2.24) is 9.13 Å². The highest BCUT2D eigenvalue weighted by Gasteiger charge is 2.20. The minimum atomic E-state index is -0.319. The molecule has 3 aromatic rings. The van der Waals surface area contributed by atoms with E-state index in [-0.39, 0.29) is 17.9 Å². The number of rotatable bonds is 5. The van der Waals surface area contributed by atoms with Crippen molar-refractivity contribution in [2.24, 2.45) is 0 Å². The van der Waals surface area contributed by atoms with E-state index in [2.05, 4.69) is 6.92 Å². The number of benzene rings is 1. The Bertz CT molecular complexity index is 860. The second-order valence-electron chi connectivity index (χ2n) is 6.07. The Hall–Kier alpha value is -2.56. The van der Waals surface area contributed by atoms with E-state index in [1.165, 1.54) is 12.1 Å². The lowest BCUT2D eigenvalue weighted by molar-refractivity contribution is 0.0365. The summed E-state index contributed by atoms with van der Waals surface area (Å²) in [5.74, 6) is -0.591. The van der Waals surface area contributed by atoms with Gasteiger partial charge < -0.3 is 13.9 Å². The molecule has 126 valence electrons. The molecular formula is C19H21FN2O2. The highest BCUT2D eigenvalue weighted by molar-refractivity contribution is 5.95. The lowest BCUT2D eigenvalue weighted by Crippen LogP contribution is -2.16. The molecule has 0 aliphatic carbocycles. The predicted octanol–water partition coefficient (Wildman–Crippen LogP) is 4.55. The molecule has 0 atom stereocenters. The fraction of sp³-hybridized carbons (Fsp3) is 0.316. The number of nitrogens with zero attached hydrogens (tertiary/aromatic N) is 2. The molecule has 0 bridgehead atoms. The normalized spacial score (nSPS) is 11.4. The molecule has 0 spiro atoms. The van der Waals surface area contributed by atoms with Crippen LogP contribution >= 0.6 is 0 Å². The molecule has 1 aromatic carbocycles. The number of halogens is 1. The van der Waals surface area contributed by atoms with E-state index in [1.807, 2.05) is 41.3 Å². The number of aromatic nitrogens is 2. The second kappa shape index (κ2) is 6.51. The minimum Gasteiger partial charge on any atom is -0.458 e. The van der Waals surface area contributed by atoms with Gasteiger partial charge in [-0.15, -0.1) is 0 Å². The first-order valence-corrected chi connectivity index (χ1v) is 8.18. The van der Waals surface area contributed by atoms with Crippen LogP contribution in [0.4, 0.5) is 4.39 Å². The first kappa shape index (κ1) is 16.3. The van der Waals surface area contributed by atoms with Crippen LogP contribution < -0.4 is 0 Å². The molecule has 0 radical (unpaired) electrons. The average molecular weight is 328 g/mol. The molecule has 0 unspecified atom stereocenters. The van der Waals surface area contributed by atoms with Gasteiger partial charge in [0.15, 0.2) is 0 Å². The van der Waals surface area contributed by atoms with E-state index in [4.69, 9.17) is 4.74 Å². The molecule has 2 heterocycles. The van der Waals surface area contributed by atoms with E-state index >= 15 is 0 Å². The van der Waals surface area contributed by atoms with Gasteiger partial charge in [-0.3, -0.25) is 0 Å². The zero-order valence-corrected chi connectivity index (χ0v) is 14.1. The molecule has 0 fully saturated rings. The number of carbonyl (C=O) groups excluding carboxylic acids is 1. The third-order valence-corrected chi connectivity index (χ3v) is 3.86. The molecule has 4 nitrogen and oxygen atoms in total. The van der Waals surface area contributed by atoms with Crippen LogP contribution in [-0.2, 0) is 11.3 Å². The topological polar surface area (TPSA) is 36.2 Å². The summed E-state index contributed by atoms with van der Waals surface area (Å²) in [6, 6.07) is 10.1. The van der Waals surface area contributed by atoms with Gasteiger partial charge in [-0.05, 0) is 56.7 Å². The van der Waals surface area contributed by atoms with Crippen LogP contribution in [0, 0.1) is 5.82 Å². The van der Waals surface area contributed by atoms with Crippen molar-refractivity contribution in [2.75, 3.05) is 0 Å². The highest BCUT2D eigenvalue weighted by atomic mass is 19.1. The Balaban J connectivity index is 2.11. The molecule has 3 rings (SSSR count). The molecule has 0 N–H and O–H groups in total. The smallest absolute Gasteiger partial charge is 0.355 e. The zero-order chi connectivity index (χ0) is 17.3. The Morgan fingerprint density at radius 1 is 1.17 bits per heavy atom. The van der Waals surface area contributed by atoms with Gasteiger partial charge in [0.05, 0.1) is 17.1 Å². The first-order chi connectivity index (χ1) is 11.5. The summed E-state index contributed by atoms with van der Waals surface area (Å²) in [5.41, 5.74) is 3.28. The van der Waals surface area contributed by atoms with E-state index in [1.54, 1.807) is 12.1 Å². The summed E-state index contributed by atoms with van der Waals surface area (Å²) in [5, 5.41) is 0. The standard InChI is InChI=1S/C19H21FN2O2/c1-4-10-22-16-9-11-21(15-7-5-14(20)6-8-15)17(16)12-18(22)19(23)24-13(2)3/h5-9,11-13H,4,10H2,1-3H3. The lowest BCUT2D eigenvalue weighted by Gasteiger charge is -2.10. The van der Waals surface area contributed by atoms with Crippen molar-refractivity contribution in [3.63, 3.8) is 0 Å². The van der Waals surface area contributed by atoms with Crippen LogP contribution in [0.25, 0.3) is 16.7 Å². The van der Waals surface area contributed by atoms with E-state index < -0.39 is 0 Å². The quantitative estimate of drug-likeness (QED) is 0.644. The van der Waals surface area contributed by atoms with Crippen LogP contribution in [0.1, 0.15) is 37.7 Å². The summed E-state index contributed by atoms with van der Waals surface area (Å²) in [4.78, 5) is 12.4. The van der Waals surface area contributed by atoms with Crippen LogP contribution in [0.5, 0.6) is 0 Å². The SMILES string of the molecule is CCCn1c(C(=O)OC(C)C)cc2c1ccn2-c1ccc(F)cc1. The Labute approximate surface area is 140 Å². The second-order valence-corrected chi connectivity index (χ2v) is 6.07. The molecule has 0 amide bonds. The summed E-state index contributed by atoms with van der Waals surface area (Å²) in [6.45, 7) is 6.48. The number of hydrogen-bond donors (Lipinski definition) is 0. The van der Waals surface area contributed by atoms with Gasteiger partial charge in [0.2, 0.25) is 0 Å². The fourth-order valence-electron chi connectivity index (χ4n) is 2.88. The van der Waals surface area contributed by atoms with Crippen molar-refractivity contribution in [1.29, 1.82) is 0 Å². The van der Waals surface area contributed by atoms with Crippen LogP contribution in [0.2, 0.25) is 0 Å². The summed E-state index contributed by atoms with van der Waals surface area (Å²) >= 11 is 0. The van der Waals surface area contributed by atoms with Crippen LogP contribution in [0.15, 0.2) is 42.6 Å². The number of aryl methyl sites for hydroxylation is 1. The van der Waals surface area contributed by atoms with Gasteiger partial charge in [-0.25, -0.2) is 9.18 Å². The maximum atomic E-state index is 13.2. The average Bonchev–Trinajstić information content (AvgIpc) is 3.08. The Morgan fingerprint density at radius 2 is 1.88 bits per heavy atom. The summed E-state index contributed by atoms with van der Waals surface area (Å²) in [6.07, 6.45) is 2.68. The van der Waals surface area contributed by atoms with Crippen LogP contribution in [-0.4, -0.2) is 21.2 Å². The van der Waals surface area contributed by atoms with Crippen molar-refractivity contribution < 1.29 is 13.9 Å². The first-order valence-electron chi connectivity index (χ1n) is 8.18. The highest BCUT2D eigenvalue weighted by Crippen LogP contribution is 2.26. The Morgan fingerprint density at radius 3 is 2.50 bits per heavy atom. The maximum Gasteiger partial charge on any atom is 0.355 e. The van der Waals surface area contributed by atoms with Crippen molar-refractivity contribution in [3.8, 4) is 5.69 Å². The molecule has 24 heavy (non-hydrogen) atoms. The van der Waals surface area contributed by atoms with Gasteiger partial charge in [0, 0.05) is 18.4 Å². The lowest BCUT2D eigenvalue weighted by atomic mass is 10.3. The number of ether oxygens (including phenoxy) is 1.